The van der Waals surface area contributed by atoms with E-state index in [1.165, 1.54) is 12.8 Å². The number of amides is 1. The molecule has 2 rings (SSSR count). The molecular formula is C14H20ClN3O. The van der Waals surface area contributed by atoms with Crippen molar-refractivity contribution in [1.29, 1.82) is 0 Å². The highest BCUT2D eigenvalue weighted by Gasteiger charge is 2.20. The van der Waals surface area contributed by atoms with Gasteiger partial charge in [-0.05, 0) is 44.6 Å². The van der Waals surface area contributed by atoms with Gasteiger partial charge in [-0.1, -0.05) is 18.0 Å². The first-order valence-electron chi connectivity index (χ1n) is 6.61. The van der Waals surface area contributed by atoms with Gasteiger partial charge >= 0.3 is 0 Å². The average Bonchev–Trinajstić information content (AvgIpc) is 2.40. The van der Waals surface area contributed by atoms with Crippen LogP contribution in [0.2, 0.25) is 5.02 Å². The molecule has 0 aromatic heterocycles. The third-order valence-electron chi connectivity index (χ3n) is 3.65. The first-order valence-corrected chi connectivity index (χ1v) is 6.99. The number of hydrogen-bond acceptors (Lipinski definition) is 3. The number of nitrogens with two attached hydrogens (primary N) is 1. The number of halogens is 1. The van der Waals surface area contributed by atoms with Crippen LogP contribution in [0.1, 0.15) is 29.6 Å². The maximum Gasteiger partial charge on any atom is 0.252 e. The maximum absolute atomic E-state index is 12.1. The standard InChI is InChI=1S/C14H20ClN3O/c1-18-7-3-2-4-11(18)9-17-14(19)12-8-10(16)5-6-13(12)15/h5-6,8,11H,2-4,7,9,16H2,1H3,(H,17,19). The number of carbonyl (C=O) groups excluding carboxylic acids is 1. The zero-order valence-electron chi connectivity index (χ0n) is 11.2. The fourth-order valence-electron chi connectivity index (χ4n) is 2.42. The van der Waals surface area contributed by atoms with Crippen LogP contribution in [0.25, 0.3) is 0 Å². The van der Waals surface area contributed by atoms with Crippen molar-refractivity contribution in [2.75, 3.05) is 25.9 Å². The van der Waals surface area contributed by atoms with Crippen molar-refractivity contribution in [3.63, 3.8) is 0 Å². The number of carbonyl (C=O) groups is 1. The highest BCUT2D eigenvalue weighted by Crippen LogP contribution is 2.19. The second-order valence-electron chi connectivity index (χ2n) is 5.08. The molecule has 3 N–H and O–H groups in total. The third kappa shape index (κ3) is 3.61. The van der Waals surface area contributed by atoms with Gasteiger partial charge in [0.25, 0.3) is 5.91 Å². The molecule has 0 bridgehead atoms. The van der Waals surface area contributed by atoms with Crippen LogP contribution in [0, 0.1) is 0 Å². The average molecular weight is 282 g/mol. The molecule has 4 nitrogen and oxygen atoms in total. The highest BCUT2D eigenvalue weighted by atomic mass is 35.5. The SMILES string of the molecule is CN1CCCCC1CNC(=O)c1cc(N)ccc1Cl. The third-order valence-corrected chi connectivity index (χ3v) is 3.98. The summed E-state index contributed by atoms with van der Waals surface area (Å²) < 4.78 is 0. The molecule has 0 aliphatic carbocycles. The van der Waals surface area contributed by atoms with E-state index in [0.29, 0.717) is 28.9 Å². The number of likely N-dealkylation sites (N-methyl/N-ethyl adjacent to an activating group) is 1. The summed E-state index contributed by atoms with van der Waals surface area (Å²) in [4.78, 5) is 14.4. The molecule has 0 spiro atoms. The Morgan fingerprint density at radius 2 is 2.32 bits per heavy atom. The Balaban J connectivity index is 1.95. The second-order valence-corrected chi connectivity index (χ2v) is 5.49. The zero-order chi connectivity index (χ0) is 13.8. The molecule has 5 heteroatoms. The van der Waals surface area contributed by atoms with Crippen molar-refractivity contribution in [1.82, 2.24) is 10.2 Å². The van der Waals surface area contributed by atoms with Gasteiger partial charge in [-0.25, -0.2) is 0 Å². The number of piperidine rings is 1. The number of nitrogen functional groups attached to an aromatic ring is 1. The zero-order valence-corrected chi connectivity index (χ0v) is 11.9. The molecule has 19 heavy (non-hydrogen) atoms. The lowest BCUT2D eigenvalue weighted by Crippen LogP contribution is -2.44. The summed E-state index contributed by atoms with van der Waals surface area (Å²) in [7, 11) is 2.10. The van der Waals surface area contributed by atoms with E-state index in [0.717, 1.165) is 13.0 Å². The van der Waals surface area contributed by atoms with Crippen molar-refractivity contribution in [3.05, 3.63) is 28.8 Å². The van der Waals surface area contributed by atoms with Crippen LogP contribution >= 0.6 is 11.6 Å². The molecule has 1 fully saturated rings. The lowest BCUT2D eigenvalue weighted by Gasteiger charge is -2.32. The van der Waals surface area contributed by atoms with Crippen molar-refractivity contribution in [3.8, 4) is 0 Å². The minimum Gasteiger partial charge on any atom is -0.399 e. The molecule has 1 unspecified atom stereocenters. The molecule has 0 radical (unpaired) electrons. The Labute approximate surface area is 118 Å². The van der Waals surface area contributed by atoms with Crippen molar-refractivity contribution >= 4 is 23.2 Å². The molecule has 1 aromatic carbocycles. The van der Waals surface area contributed by atoms with E-state index in [-0.39, 0.29) is 5.91 Å². The number of nitrogens with one attached hydrogen (secondary N) is 1. The van der Waals surface area contributed by atoms with Gasteiger partial charge in [0, 0.05) is 18.3 Å². The number of anilines is 1. The first-order chi connectivity index (χ1) is 9.08. The van der Waals surface area contributed by atoms with Crippen LogP contribution in [0.15, 0.2) is 18.2 Å². The largest absolute Gasteiger partial charge is 0.399 e. The van der Waals surface area contributed by atoms with E-state index < -0.39 is 0 Å². The predicted molar refractivity (Wildman–Crippen MR) is 78.5 cm³/mol. The van der Waals surface area contributed by atoms with Crippen LogP contribution in [0.3, 0.4) is 0 Å². The summed E-state index contributed by atoms with van der Waals surface area (Å²) in [6.07, 6.45) is 3.59. The summed E-state index contributed by atoms with van der Waals surface area (Å²) >= 11 is 6.01. The van der Waals surface area contributed by atoms with Crippen molar-refractivity contribution in [2.24, 2.45) is 0 Å². The van der Waals surface area contributed by atoms with E-state index in [4.69, 9.17) is 17.3 Å². The fraction of sp³-hybridized carbons (Fsp3) is 0.500. The van der Waals surface area contributed by atoms with E-state index in [9.17, 15) is 4.79 Å². The molecule has 1 amide bonds. The minimum absolute atomic E-state index is 0.156. The van der Waals surface area contributed by atoms with Gasteiger partial charge < -0.3 is 16.0 Å². The van der Waals surface area contributed by atoms with E-state index in [2.05, 4.69) is 17.3 Å². The Morgan fingerprint density at radius 3 is 3.05 bits per heavy atom. The van der Waals surface area contributed by atoms with Crippen LogP contribution < -0.4 is 11.1 Å². The summed E-state index contributed by atoms with van der Waals surface area (Å²) in [5.74, 6) is -0.156. The van der Waals surface area contributed by atoms with Gasteiger partial charge in [-0.2, -0.15) is 0 Å². The van der Waals surface area contributed by atoms with Gasteiger partial charge in [0.1, 0.15) is 0 Å². The molecule has 1 heterocycles. The Bertz CT molecular complexity index is 464. The molecule has 1 aliphatic rings. The summed E-state index contributed by atoms with van der Waals surface area (Å²) in [5, 5.41) is 3.38. The number of benzene rings is 1. The smallest absolute Gasteiger partial charge is 0.252 e. The van der Waals surface area contributed by atoms with Gasteiger partial charge in [-0.3, -0.25) is 4.79 Å². The molecular weight excluding hydrogens is 262 g/mol. The Kier molecular flexibility index (Phi) is 4.66. The highest BCUT2D eigenvalue weighted by molar-refractivity contribution is 6.34. The van der Waals surface area contributed by atoms with Crippen LogP contribution in [-0.2, 0) is 0 Å². The van der Waals surface area contributed by atoms with Crippen molar-refractivity contribution < 1.29 is 4.79 Å². The van der Waals surface area contributed by atoms with E-state index in [1.54, 1.807) is 18.2 Å². The molecule has 0 saturated carbocycles. The molecule has 1 atom stereocenters. The van der Waals surface area contributed by atoms with E-state index >= 15 is 0 Å². The van der Waals surface area contributed by atoms with Crippen molar-refractivity contribution in [2.45, 2.75) is 25.3 Å². The number of likely N-dealkylation sites (tertiary alicyclic amines) is 1. The molecule has 1 aromatic rings. The lowest BCUT2D eigenvalue weighted by molar-refractivity contribution is 0.0928. The normalized spacial score (nSPS) is 20.2. The van der Waals surface area contributed by atoms with Gasteiger partial charge in [0.2, 0.25) is 0 Å². The van der Waals surface area contributed by atoms with Crippen LogP contribution in [0.4, 0.5) is 5.69 Å². The minimum atomic E-state index is -0.156. The van der Waals surface area contributed by atoms with Gasteiger partial charge in [-0.15, -0.1) is 0 Å². The maximum atomic E-state index is 12.1. The first kappa shape index (κ1) is 14.2. The Hall–Kier alpha value is -1.26. The number of hydrogen-bond donors (Lipinski definition) is 2. The fourth-order valence-corrected chi connectivity index (χ4v) is 2.63. The molecule has 1 aliphatic heterocycles. The van der Waals surface area contributed by atoms with Gasteiger partial charge in [0.05, 0.1) is 10.6 Å². The van der Waals surface area contributed by atoms with Gasteiger partial charge in [0.15, 0.2) is 0 Å². The second kappa shape index (κ2) is 6.26. The Morgan fingerprint density at radius 1 is 1.53 bits per heavy atom. The van der Waals surface area contributed by atoms with Crippen LogP contribution in [0.5, 0.6) is 0 Å². The predicted octanol–water partition coefficient (Wildman–Crippen LogP) is 2.14. The van der Waals surface area contributed by atoms with Crippen LogP contribution in [-0.4, -0.2) is 37.0 Å². The topological polar surface area (TPSA) is 58.4 Å². The number of nitrogens with zero attached hydrogens (tertiary/aromatic N) is 1. The van der Waals surface area contributed by atoms with E-state index in [1.807, 2.05) is 0 Å². The summed E-state index contributed by atoms with van der Waals surface area (Å²) in [6.45, 7) is 1.75. The molecule has 104 valence electrons. The number of rotatable bonds is 3. The summed E-state index contributed by atoms with van der Waals surface area (Å²) in [6, 6.07) is 5.37. The molecule has 1 saturated heterocycles. The quantitative estimate of drug-likeness (QED) is 0.835. The lowest BCUT2D eigenvalue weighted by atomic mass is 10.0. The summed E-state index contributed by atoms with van der Waals surface area (Å²) in [5.41, 5.74) is 6.67. The monoisotopic (exact) mass is 281 g/mol.